The van der Waals surface area contributed by atoms with Crippen molar-refractivity contribution in [3.63, 3.8) is 0 Å². The Morgan fingerprint density at radius 1 is 1.24 bits per heavy atom. The Morgan fingerprint density at radius 2 is 2.00 bits per heavy atom. The lowest BCUT2D eigenvalue weighted by Gasteiger charge is -2.07. The van der Waals surface area contributed by atoms with Gasteiger partial charge in [0, 0.05) is 12.4 Å². The molecule has 2 aromatic rings. The Bertz CT molecular complexity index is 704. The highest BCUT2D eigenvalue weighted by Gasteiger charge is 2.38. The first kappa shape index (κ1) is 14.9. The lowest BCUT2D eigenvalue weighted by molar-refractivity contribution is -0.169. The molecule has 1 amide bonds. The van der Waals surface area contributed by atoms with Crippen molar-refractivity contribution in [1.82, 2.24) is 9.55 Å². The van der Waals surface area contributed by atoms with Gasteiger partial charge in [-0.3, -0.25) is 4.79 Å². The van der Waals surface area contributed by atoms with Crippen LogP contribution in [0.5, 0.6) is 0 Å². The summed E-state index contributed by atoms with van der Waals surface area (Å²) in [5.74, 6) is -2.84. The largest absolute Gasteiger partial charge is 0.473 e. The zero-order valence-electron chi connectivity index (χ0n) is 10.5. The molecular formula is C13H9F4N3O. The van der Waals surface area contributed by atoms with Crippen LogP contribution in [0.3, 0.4) is 0 Å². The van der Waals surface area contributed by atoms with Crippen molar-refractivity contribution in [2.75, 3.05) is 0 Å². The van der Waals surface area contributed by atoms with Crippen molar-refractivity contribution in [3.05, 3.63) is 59.7 Å². The number of aromatic nitrogens is 2. The Hall–Kier alpha value is -2.51. The van der Waals surface area contributed by atoms with Crippen molar-refractivity contribution in [3.8, 4) is 0 Å². The Balaban J connectivity index is 2.35. The molecule has 0 aliphatic heterocycles. The van der Waals surface area contributed by atoms with Crippen molar-refractivity contribution >= 4 is 5.91 Å². The van der Waals surface area contributed by atoms with Crippen LogP contribution in [0.1, 0.15) is 5.56 Å². The number of carbonyl (C=O) groups excluding carboxylic acids is 1. The van der Waals surface area contributed by atoms with Gasteiger partial charge in [-0.05, 0) is 23.8 Å². The molecule has 0 radical (unpaired) electrons. The van der Waals surface area contributed by atoms with Crippen LogP contribution in [0.15, 0.2) is 47.7 Å². The summed E-state index contributed by atoms with van der Waals surface area (Å²) in [4.78, 5) is 17.4. The zero-order chi connectivity index (χ0) is 15.5. The standard InChI is InChI=1S/C13H9F4N3O/c14-10-5-4-9(7-18-10)8-20-6-2-1-3-11(20)19-12(21)13(15,16)17/h1-7H,8H2/b19-11+. The summed E-state index contributed by atoms with van der Waals surface area (Å²) in [6, 6.07) is 6.89. The molecule has 0 aliphatic carbocycles. The number of halogens is 4. The van der Waals surface area contributed by atoms with E-state index in [-0.39, 0.29) is 12.0 Å². The fourth-order valence-electron chi connectivity index (χ4n) is 1.57. The van der Waals surface area contributed by atoms with Crippen molar-refractivity contribution in [2.45, 2.75) is 12.7 Å². The molecule has 2 heterocycles. The van der Waals surface area contributed by atoms with E-state index in [1.165, 1.54) is 35.2 Å². The summed E-state index contributed by atoms with van der Waals surface area (Å²) in [5.41, 5.74) is 0.410. The van der Waals surface area contributed by atoms with Gasteiger partial charge in [-0.25, -0.2) is 4.98 Å². The number of nitrogens with zero attached hydrogens (tertiary/aromatic N) is 3. The first-order valence-electron chi connectivity index (χ1n) is 5.78. The molecule has 0 saturated heterocycles. The number of pyridine rings is 2. The maximum atomic E-state index is 12.7. The van der Waals surface area contributed by atoms with E-state index in [2.05, 4.69) is 9.98 Å². The van der Waals surface area contributed by atoms with Crippen molar-refractivity contribution < 1.29 is 22.4 Å². The average molecular weight is 299 g/mol. The van der Waals surface area contributed by atoms with Crippen LogP contribution >= 0.6 is 0 Å². The van der Waals surface area contributed by atoms with Crippen molar-refractivity contribution in [2.24, 2.45) is 4.99 Å². The normalized spacial score (nSPS) is 12.5. The second-order valence-corrected chi connectivity index (χ2v) is 4.09. The third-order valence-electron chi connectivity index (χ3n) is 2.52. The van der Waals surface area contributed by atoms with E-state index in [1.807, 2.05) is 0 Å². The van der Waals surface area contributed by atoms with Gasteiger partial charge in [-0.1, -0.05) is 12.1 Å². The summed E-state index contributed by atoms with van der Waals surface area (Å²) >= 11 is 0. The fourth-order valence-corrected chi connectivity index (χ4v) is 1.57. The summed E-state index contributed by atoms with van der Waals surface area (Å²) in [5, 5.41) is 0. The van der Waals surface area contributed by atoms with Crippen LogP contribution in [0.25, 0.3) is 0 Å². The third-order valence-corrected chi connectivity index (χ3v) is 2.52. The quantitative estimate of drug-likeness (QED) is 0.629. The Kier molecular flexibility index (Phi) is 4.15. The molecule has 0 spiro atoms. The van der Waals surface area contributed by atoms with Crippen LogP contribution in [0.2, 0.25) is 0 Å². The molecule has 21 heavy (non-hydrogen) atoms. The van der Waals surface area contributed by atoms with Crippen LogP contribution in [0, 0.1) is 5.95 Å². The maximum Gasteiger partial charge on any atom is 0.473 e. The highest BCUT2D eigenvalue weighted by Crippen LogP contribution is 2.15. The van der Waals surface area contributed by atoms with E-state index in [1.54, 1.807) is 6.07 Å². The fraction of sp³-hybridized carbons (Fsp3) is 0.154. The van der Waals surface area contributed by atoms with Crippen molar-refractivity contribution in [1.29, 1.82) is 0 Å². The van der Waals surface area contributed by atoms with Crippen LogP contribution in [-0.2, 0) is 11.3 Å². The van der Waals surface area contributed by atoms with Gasteiger partial charge in [0.25, 0.3) is 0 Å². The lowest BCUT2D eigenvalue weighted by Crippen LogP contribution is -2.27. The zero-order valence-corrected chi connectivity index (χ0v) is 10.5. The molecule has 2 aromatic heterocycles. The van der Waals surface area contributed by atoms with Gasteiger partial charge >= 0.3 is 12.1 Å². The summed E-state index contributed by atoms with van der Waals surface area (Å²) < 4.78 is 50.7. The second-order valence-electron chi connectivity index (χ2n) is 4.09. The predicted molar refractivity (Wildman–Crippen MR) is 64.4 cm³/mol. The topological polar surface area (TPSA) is 47.2 Å². The van der Waals surface area contributed by atoms with Gasteiger partial charge in [-0.15, -0.1) is 0 Å². The minimum Gasteiger partial charge on any atom is -0.328 e. The van der Waals surface area contributed by atoms with Gasteiger partial charge in [0.05, 0.1) is 6.54 Å². The van der Waals surface area contributed by atoms with Gasteiger partial charge in [0.1, 0.15) is 5.49 Å². The van der Waals surface area contributed by atoms with Gasteiger partial charge in [-0.2, -0.15) is 22.6 Å². The molecule has 0 bridgehead atoms. The molecule has 0 atom stereocenters. The van der Waals surface area contributed by atoms with Gasteiger partial charge < -0.3 is 4.57 Å². The van der Waals surface area contributed by atoms with E-state index in [9.17, 15) is 22.4 Å². The van der Waals surface area contributed by atoms with Gasteiger partial charge in [0.15, 0.2) is 0 Å². The number of rotatable bonds is 2. The second kappa shape index (κ2) is 5.86. The summed E-state index contributed by atoms with van der Waals surface area (Å²) in [7, 11) is 0. The Morgan fingerprint density at radius 3 is 2.62 bits per heavy atom. The van der Waals surface area contributed by atoms with Crippen LogP contribution in [0.4, 0.5) is 17.6 Å². The number of hydrogen-bond donors (Lipinski definition) is 0. The van der Waals surface area contributed by atoms with E-state index < -0.39 is 18.0 Å². The molecule has 2 rings (SSSR count). The molecule has 0 N–H and O–H groups in total. The monoisotopic (exact) mass is 299 g/mol. The number of hydrogen-bond acceptors (Lipinski definition) is 2. The number of amides is 1. The smallest absolute Gasteiger partial charge is 0.328 e. The third kappa shape index (κ3) is 3.98. The molecule has 0 saturated carbocycles. The molecule has 4 nitrogen and oxygen atoms in total. The first-order chi connectivity index (χ1) is 9.86. The number of carbonyl (C=O) groups is 1. The minimum atomic E-state index is -5.02. The molecule has 110 valence electrons. The number of alkyl halides is 3. The highest BCUT2D eigenvalue weighted by atomic mass is 19.4. The Labute approximate surface area is 116 Å². The van der Waals surface area contributed by atoms with Crippen LogP contribution in [-0.4, -0.2) is 21.6 Å². The minimum absolute atomic E-state index is 0.109. The van der Waals surface area contributed by atoms with E-state index >= 15 is 0 Å². The SMILES string of the molecule is O=C(/N=c1\ccccn1Cc1ccc(F)nc1)C(F)(F)F. The molecule has 8 heteroatoms. The van der Waals surface area contributed by atoms with E-state index in [0.29, 0.717) is 5.56 Å². The summed E-state index contributed by atoms with van der Waals surface area (Å²) in [6.45, 7) is 0.109. The van der Waals surface area contributed by atoms with Gasteiger partial charge in [0.2, 0.25) is 5.95 Å². The molecular weight excluding hydrogens is 290 g/mol. The lowest BCUT2D eigenvalue weighted by atomic mass is 10.3. The maximum absolute atomic E-state index is 12.7. The first-order valence-corrected chi connectivity index (χ1v) is 5.78. The summed E-state index contributed by atoms with van der Waals surface area (Å²) in [6.07, 6.45) is -2.30. The molecule has 0 fully saturated rings. The molecule has 0 aromatic carbocycles. The molecule has 0 aliphatic rings. The van der Waals surface area contributed by atoms with E-state index in [0.717, 1.165) is 6.07 Å². The molecule has 0 unspecified atom stereocenters. The average Bonchev–Trinajstić information content (AvgIpc) is 2.42. The highest BCUT2D eigenvalue weighted by molar-refractivity contribution is 5.82. The van der Waals surface area contributed by atoms with E-state index in [4.69, 9.17) is 0 Å². The van der Waals surface area contributed by atoms with Crippen LogP contribution < -0.4 is 5.49 Å². The predicted octanol–water partition coefficient (Wildman–Crippen LogP) is 2.06.